The zero-order chi connectivity index (χ0) is 29.9. The van der Waals surface area contributed by atoms with E-state index in [9.17, 15) is 22.8 Å². The van der Waals surface area contributed by atoms with Crippen LogP contribution in [0.3, 0.4) is 0 Å². The van der Waals surface area contributed by atoms with E-state index in [1.807, 2.05) is 0 Å². The fraction of sp³-hybridized carbons (Fsp3) is 0.286. The van der Waals surface area contributed by atoms with Crippen molar-refractivity contribution in [3.63, 3.8) is 0 Å². The molecular weight excluding hydrogens is 578 g/mol. The largest absolute Gasteiger partial charge is 0.318 e. The molecule has 9 nitrogen and oxygen atoms in total. The third-order valence-electron chi connectivity index (χ3n) is 7.68. The van der Waals surface area contributed by atoms with E-state index in [-0.39, 0.29) is 29.2 Å². The Kier molecular flexibility index (Phi) is 6.92. The number of alkyl halides is 2. The molecule has 4 heterocycles. The van der Waals surface area contributed by atoms with Crippen LogP contribution in [0.1, 0.15) is 53.0 Å². The van der Waals surface area contributed by atoms with Gasteiger partial charge < -0.3 is 5.32 Å². The molecule has 3 aromatic heterocycles. The molecule has 2 amide bonds. The molecule has 1 saturated heterocycles. The number of rotatable bonds is 7. The second-order valence-electron chi connectivity index (χ2n) is 10.2. The number of nitrogens with zero attached hydrogens (tertiary/aromatic N) is 6. The van der Waals surface area contributed by atoms with Gasteiger partial charge in [-0.3, -0.25) is 24.2 Å². The highest BCUT2D eigenvalue weighted by molar-refractivity contribution is 6.31. The summed E-state index contributed by atoms with van der Waals surface area (Å²) < 4.78 is 59.1. The molecule has 1 N–H and O–H groups in total. The number of aromatic nitrogens is 5. The number of hydrogen-bond donors (Lipinski definition) is 1. The summed E-state index contributed by atoms with van der Waals surface area (Å²) in [5, 5.41) is 6.40. The van der Waals surface area contributed by atoms with Gasteiger partial charge >= 0.3 is 0 Å². The van der Waals surface area contributed by atoms with Crippen LogP contribution in [0.25, 0.3) is 11.3 Å². The van der Waals surface area contributed by atoms with Gasteiger partial charge in [0.05, 0.1) is 22.9 Å². The lowest BCUT2D eigenvalue weighted by molar-refractivity contribution is -0.118. The highest BCUT2D eigenvalue weighted by Gasteiger charge is 2.53. The normalized spacial score (nSPS) is 18.4. The topological polar surface area (TPSA) is 106 Å². The average molecular weight is 600 g/mol. The van der Waals surface area contributed by atoms with Crippen LogP contribution in [0.4, 0.5) is 29.1 Å². The Morgan fingerprint density at radius 1 is 1.10 bits per heavy atom. The molecule has 42 heavy (non-hydrogen) atoms. The van der Waals surface area contributed by atoms with Crippen LogP contribution in [0, 0.1) is 30.4 Å². The molecular formula is C28H22ClF4N7O2. The predicted octanol–water partition coefficient (Wildman–Crippen LogP) is 5.76. The number of benzene rings is 1. The van der Waals surface area contributed by atoms with Gasteiger partial charge in [0.25, 0.3) is 12.3 Å². The number of halogens is 5. The summed E-state index contributed by atoms with van der Waals surface area (Å²) in [5.41, 5.74) is -1.10. The maximum Gasteiger partial charge on any atom is 0.276 e. The van der Waals surface area contributed by atoms with E-state index < -0.39 is 57.5 Å². The monoisotopic (exact) mass is 599 g/mol. The first-order valence-electron chi connectivity index (χ1n) is 13.0. The summed E-state index contributed by atoms with van der Waals surface area (Å²) >= 11 is 5.84. The van der Waals surface area contributed by atoms with E-state index in [4.69, 9.17) is 11.6 Å². The van der Waals surface area contributed by atoms with E-state index in [0.29, 0.717) is 17.7 Å². The molecule has 2 aliphatic rings. The Labute approximate surface area is 241 Å². The Morgan fingerprint density at radius 2 is 1.86 bits per heavy atom. The van der Waals surface area contributed by atoms with Gasteiger partial charge in [0.1, 0.15) is 5.69 Å². The average Bonchev–Trinajstić information content (AvgIpc) is 3.47. The molecule has 0 spiro atoms. The third-order valence-corrected chi connectivity index (χ3v) is 7.97. The lowest BCUT2D eigenvalue weighted by atomic mass is 10.0. The lowest BCUT2D eigenvalue weighted by Crippen LogP contribution is -2.30. The molecule has 1 aromatic carbocycles. The number of piperidine rings is 1. The van der Waals surface area contributed by atoms with Crippen LogP contribution in [0.2, 0.25) is 5.02 Å². The van der Waals surface area contributed by atoms with Gasteiger partial charge in [-0.05, 0) is 37.8 Å². The van der Waals surface area contributed by atoms with Crippen molar-refractivity contribution in [2.24, 2.45) is 11.8 Å². The summed E-state index contributed by atoms with van der Waals surface area (Å²) in [6.07, 6.45) is 4.40. The number of fused-ring (bicyclic) bond motifs is 1. The second kappa shape index (κ2) is 10.5. The molecule has 2 fully saturated rings. The predicted molar refractivity (Wildman–Crippen MR) is 144 cm³/mol. The number of amides is 2. The minimum atomic E-state index is -3.07. The van der Waals surface area contributed by atoms with Crippen molar-refractivity contribution in [3.05, 3.63) is 82.2 Å². The van der Waals surface area contributed by atoms with Crippen molar-refractivity contribution >= 4 is 34.9 Å². The van der Waals surface area contributed by atoms with Crippen molar-refractivity contribution in [3.8, 4) is 11.3 Å². The Balaban J connectivity index is 1.24. The van der Waals surface area contributed by atoms with Gasteiger partial charge in [0.2, 0.25) is 5.91 Å². The fourth-order valence-electron chi connectivity index (χ4n) is 5.28. The van der Waals surface area contributed by atoms with Crippen LogP contribution in [-0.2, 0) is 4.79 Å². The Hall–Kier alpha value is -4.39. The van der Waals surface area contributed by atoms with Crippen molar-refractivity contribution in [1.29, 1.82) is 0 Å². The van der Waals surface area contributed by atoms with E-state index in [2.05, 4.69) is 25.4 Å². The maximum atomic E-state index is 15.3. The minimum Gasteiger partial charge on any atom is -0.318 e. The summed E-state index contributed by atoms with van der Waals surface area (Å²) in [6, 6.07) is 1.44. The molecule has 1 saturated carbocycles. The smallest absolute Gasteiger partial charge is 0.276 e. The Bertz CT molecular complexity index is 1750. The summed E-state index contributed by atoms with van der Waals surface area (Å²) in [5.74, 6) is -2.44. The van der Waals surface area contributed by atoms with Crippen LogP contribution in [0.5, 0.6) is 0 Å². The van der Waals surface area contributed by atoms with Gasteiger partial charge in [-0.2, -0.15) is 5.10 Å². The maximum absolute atomic E-state index is 15.3. The van der Waals surface area contributed by atoms with Crippen LogP contribution in [-0.4, -0.2) is 43.1 Å². The first kappa shape index (κ1) is 27.8. The van der Waals surface area contributed by atoms with Crippen molar-refractivity contribution in [2.45, 2.75) is 32.7 Å². The van der Waals surface area contributed by atoms with E-state index in [1.54, 1.807) is 13.8 Å². The number of carbonyl (C=O) groups is 2. The molecule has 0 radical (unpaired) electrons. The van der Waals surface area contributed by atoms with Crippen LogP contribution >= 0.6 is 11.6 Å². The van der Waals surface area contributed by atoms with E-state index in [0.717, 1.165) is 24.8 Å². The Morgan fingerprint density at radius 3 is 2.57 bits per heavy atom. The molecule has 1 unspecified atom stereocenters. The van der Waals surface area contributed by atoms with E-state index >= 15 is 4.39 Å². The molecule has 6 rings (SSSR count). The first-order chi connectivity index (χ1) is 20.1. The molecule has 4 aromatic rings. The minimum absolute atomic E-state index is 0.0139. The van der Waals surface area contributed by atoms with Crippen LogP contribution < -0.4 is 10.2 Å². The van der Waals surface area contributed by atoms with Gasteiger partial charge in [-0.25, -0.2) is 27.5 Å². The van der Waals surface area contributed by atoms with Crippen molar-refractivity contribution < 1.29 is 27.2 Å². The van der Waals surface area contributed by atoms with Gasteiger partial charge in [-0.15, -0.1) is 0 Å². The molecule has 1 aliphatic carbocycles. The van der Waals surface area contributed by atoms with Gasteiger partial charge in [-0.1, -0.05) is 17.7 Å². The zero-order valence-electron chi connectivity index (χ0n) is 22.2. The summed E-state index contributed by atoms with van der Waals surface area (Å²) in [4.78, 5) is 39.1. The molecule has 14 heteroatoms. The molecule has 1 aliphatic heterocycles. The zero-order valence-corrected chi connectivity index (χ0v) is 22.9. The van der Waals surface area contributed by atoms with Crippen molar-refractivity contribution in [2.75, 3.05) is 16.8 Å². The third kappa shape index (κ3) is 4.67. The molecule has 0 bridgehead atoms. The highest BCUT2D eigenvalue weighted by atomic mass is 35.5. The SMILES string of the molecule is Cc1c(C(C)n2cc(NC(=O)c3nccnc3-c3c(C(F)F)ccc(Cl)c3F)cn2)cnc(N2C[C@H]3C[C@H]3C2=O)c1F. The summed E-state index contributed by atoms with van der Waals surface area (Å²) in [7, 11) is 0. The lowest BCUT2D eigenvalue weighted by Gasteiger charge is -2.21. The quantitative estimate of drug-likeness (QED) is 0.271. The summed E-state index contributed by atoms with van der Waals surface area (Å²) in [6.45, 7) is 3.81. The number of anilines is 2. The standard InChI is InChI=1S/C28H22ClF4N7O2/c1-12-18(9-36-26(21(12)30)39-10-14-7-17(14)28(39)42)13(2)40-11-15(8-37-40)38-27(41)24-23(34-5-6-35-24)20-16(25(32)33)3-4-19(29)22(20)31/h3-6,8-9,11,13-14,17,25H,7,10H2,1-2H3,(H,38,41)/t13?,14-,17-/m1/s1. The van der Waals surface area contributed by atoms with Gasteiger partial charge in [0.15, 0.2) is 23.1 Å². The number of pyridine rings is 1. The fourth-order valence-corrected chi connectivity index (χ4v) is 5.44. The number of hydrogen-bond acceptors (Lipinski definition) is 6. The number of nitrogens with one attached hydrogen (secondary N) is 1. The second-order valence-corrected chi connectivity index (χ2v) is 10.7. The van der Waals surface area contributed by atoms with Crippen LogP contribution in [0.15, 0.2) is 43.1 Å². The highest BCUT2D eigenvalue weighted by Crippen LogP contribution is 2.47. The molecule has 216 valence electrons. The number of carbonyl (C=O) groups excluding carboxylic acids is 2. The first-order valence-corrected chi connectivity index (χ1v) is 13.3. The van der Waals surface area contributed by atoms with Crippen molar-refractivity contribution in [1.82, 2.24) is 24.7 Å². The van der Waals surface area contributed by atoms with E-state index in [1.165, 1.54) is 34.4 Å². The van der Waals surface area contributed by atoms with Gasteiger partial charge in [0, 0.05) is 53.9 Å². The molecule has 3 atom stereocenters.